The molecule has 1 fully saturated rings. The lowest BCUT2D eigenvalue weighted by Crippen LogP contribution is -2.39. The number of aromatic nitrogens is 2. The van der Waals surface area contributed by atoms with Gasteiger partial charge in [-0.25, -0.2) is 0 Å². The third-order valence-electron chi connectivity index (χ3n) is 10.4. The van der Waals surface area contributed by atoms with Crippen LogP contribution < -0.4 is 32.0 Å². The standard InChI is InChI=1S/C34H40N4O5/c1-7-18-14(3)21-11-23-16(5)20(9-10-27(39)40)31(37-23)29-30(34(42)43)33(41)28-17(6)24(38-32(28)29)13-26-19(8-2)15(4)22(36-26)12-25(18)35-21/h7,11-13,16,20,22-23,26,30-31,35-38H,1,8-10H2,2-6H3,(H,39,40)(H,42,43)/b21-11-,24-13-,25-12-. The summed E-state index contributed by atoms with van der Waals surface area (Å²) in [6.45, 7) is 14.4. The number of H-pyrrole nitrogens is 2. The molecule has 1 aliphatic carbocycles. The third-order valence-corrected chi connectivity index (χ3v) is 10.4. The van der Waals surface area contributed by atoms with Crippen LogP contribution in [0.5, 0.6) is 0 Å². The molecule has 43 heavy (non-hydrogen) atoms. The van der Waals surface area contributed by atoms with Gasteiger partial charge in [-0.15, -0.1) is 0 Å². The molecule has 226 valence electrons. The van der Waals surface area contributed by atoms with Crippen LogP contribution in [-0.2, 0) is 9.59 Å². The first-order valence-electron chi connectivity index (χ1n) is 15.2. The molecule has 6 N–H and O–H groups in total. The van der Waals surface area contributed by atoms with E-state index in [0.717, 1.165) is 39.2 Å². The van der Waals surface area contributed by atoms with E-state index in [1.54, 1.807) is 0 Å². The van der Waals surface area contributed by atoms with Gasteiger partial charge in [-0.05, 0) is 85.9 Å². The van der Waals surface area contributed by atoms with Crippen molar-refractivity contribution < 1.29 is 24.6 Å². The van der Waals surface area contributed by atoms with E-state index in [2.05, 4.69) is 73.1 Å². The minimum Gasteiger partial charge on any atom is -0.481 e. The molecule has 9 heteroatoms. The number of nitrogens with one attached hydrogen (secondary N) is 4. The summed E-state index contributed by atoms with van der Waals surface area (Å²) in [4.78, 5) is 45.2. The molecule has 7 atom stereocenters. The number of carboxylic acids is 2. The summed E-state index contributed by atoms with van der Waals surface area (Å²) < 4.78 is 0. The number of carbonyl (C=O) groups excluding carboxylic acids is 1. The quantitative estimate of drug-likeness (QED) is 0.221. The molecule has 8 bridgehead atoms. The molecule has 2 aromatic rings. The number of aromatic amines is 2. The fourth-order valence-corrected chi connectivity index (χ4v) is 8.02. The van der Waals surface area contributed by atoms with Crippen LogP contribution in [0, 0.1) is 31.6 Å². The molecule has 4 aliphatic rings. The number of carbonyl (C=O) groups is 3. The smallest absolute Gasteiger partial charge is 0.318 e. The van der Waals surface area contributed by atoms with Gasteiger partial charge in [0, 0.05) is 57.8 Å². The maximum atomic E-state index is 13.8. The zero-order chi connectivity index (χ0) is 30.9. The Morgan fingerprint density at radius 1 is 0.977 bits per heavy atom. The van der Waals surface area contributed by atoms with E-state index < -0.39 is 29.7 Å². The van der Waals surface area contributed by atoms with E-state index in [-0.39, 0.29) is 36.4 Å². The van der Waals surface area contributed by atoms with Crippen LogP contribution in [0.25, 0.3) is 29.9 Å². The summed E-state index contributed by atoms with van der Waals surface area (Å²) in [5, 5.41) is 30.6. The van der Waals surface area contributed by atoms with Crippen molar-refractivity contribution in [2.75, 3.05) is 0 Å². The van der Waals surface area contributed by atoms with Gasteiger partial charge in [0.15, 0.2) is 5.78 Å². The second kappa shape index (κ2) is 10.6. The normalized spacial score (nSPS) is 31.7. The molecule has 9 nitrogen and oxygen atoms in total. The van der Waals surface area contributed by atoms with Crippen molar-refractivity contribution in [1.29, 1.82) is 0 Å². The van der Waals surface area contributed by atoms with Gasteiger partial charge in [-0.2, -0.15) is 0 Å². The monoisotopic (exact) mass is 584 g/mol. The lowest BCUT2D eigenvalue weighted by molar-refractivity contribution is -0.139. The topological polar surface area (TPSA) is 147 Å². The Balaban J connectivity index is 1.67. The number of rotatable bonds is 6. The number of fused-ring (bicyclic) bond motifs is 8. The Bertz CT molecular complexity index is 1860. The van der Waals surface area contributed by atoms with Gasteiger partial charge in [0.1, 0.15) is 5.92 Å². The number of aliphatic carboxylic acids is 2. The summed E-state index contributed by atoms with van der Waals surface area (Å²) in [5.74, 6) is -4.06. The molecule has 0 aromatic carbocycles. The van der Waals surface area contributed by atoms with Crippen molar-refractivity contribution in [3.8, 4) is 0 Å². The van der Waals surface area contributed by atoms with Crippen LogP contribution in [0.2, 0.25) is 0 Å². The van der Waals surface area contributed by atoms with Crippen LogP contribution in [0.4, 0.5) is 0 Å². The molecule has 0 amide bonds. The lowest BCUT2D eigenvalue weighted by Gasteiger charge is -2.25. The zero-order valence-electron chi connectivity index (χ0n) is 25.3. The summed E-state index contributed by atoms with van der Waals surface area (Å²) in [6, 6.07) is -0.769. The predicted octanol–water partition coefficient (Wildman–Crippen LogP) is 1.23. The minimum absolute atomic E-state index is 0.00993. The summed E-state index contributed by atoms with van der Waals surface area (Å²) in [7, 11) is 0. The number of hydrogen-bond acceptors (Lipinski definition) is 5. The van der Waals surface area contributed by atoms with Crippen molar-refractivity contribution in [3.05, 3.63) is 61.4 Å². The van der Waals surface area contributed by atoms with E-state index in [1.807, 2.05) is 13.0 Å². The molecule has 5 heterocycles. The maximum absolute atomic E-state index is 13.8. The van der Waals surface area contributed by atoms with Gasteiger partial charge in [-0.3, -0.25) is 19.7 Å². The first-order valence-corrected chi connectivity index (χ1v) is 15.2. The fourth-order valence-electron chi connectivity index (χ4n) is 8.02. The number of Topliss-reactive ketones (excluding diaryl/α,β-unsaturated/α-hetero) is 1. The second-order valence-corrected chi connectivity index (χ2v) is 12.5. The highest BCUT2D eigenvalue weighted by atomic mass is 16.4. The highest BCUT2D eigenvalue weighted by Crippen LogP contribution is 2.40. The number of hydrogen-bond donors (Lipinski definition) is 6. The predicted molar refractivity (Wildman–Crippen MR) is 166 cm³/mol. The maximum Gasteiger partial charge on any atom is 0.318 e. The number of carboxylic acid groups (broad SMARTS) is 2. The van der Waals surface area contributed by atoms with Gasteiger partial charge in [0.25, 0.3) is 0 Å². The van der Waals surface area contributed by atoms with E-state index in [9.17, 15) is 24.6 Å². The van der Waals surface area contributed by atoms with Crippen molar-refractivity contribution in [3.63, 3.8) is 0 Å². The lowest BCUT2D eigenvalue weighted by atomic mass is 9.79. The molecular formula is C34H40N4O5. The van der Waals surface area contributed by atoms with Crippen LogP contribution >= 0.6 is 0 Å². The first-order chi connectivity index (χ1) is 20.5. The Kier molecular flexibility index (Phi) is 7.21. The van der Waals surface area contributed by atoms with Crippen LogP contribution in [0.1, 0.15) is 67.1 Å². The van der Waals surface area contributed by atoms with Gasteiger partial charge < -0.3 is 25.5 Å². The summed E-state index contributed by atoms with van der Waals surface area (Å²) in [5.41, 5.74) is 6.28. The van der Waals surface area contributed by atoms with Crippen LogP contribution in [0.3, 0.4) is 0 Å². The fraction of sp³-hybridized carbons (Fsp3) is 0.441. The average Bonchev–Trinajstić information content (AvgIpc) is 3.68. The van der Waals surface area contributed by atoms with Crippen molar-refractivity contribution in [1.82, 2.24) is 20.6 Å². The second-order valence-electron chi connectivity index (χ2n) is 12.5. The molecule has 2 aromatic heterocycles. The number of ketones is 1. The van der Waals surface area contributed by atoms with Crippen LogP contribution in [0.15, 0.2) is 17.7 Å². The summed E-state index contributed by atoms with van der Waals surface area (Å²) in [6.07, 6.45) is 9.49. The van der Waals surface area contributed by atoms with E-state index >= 15 is 0 Å². The molecule has 0 spiro atoms. The zero-order valence-corrected chi connectivity index (χ0v) is 25.3. The van der Waals surface area contributed by atoms with Crippen molar-refractivity contribution in [2.45, 2.75) is 78.0 Å². The largest absolute Gasteiger partial charge is 0.481 e. The van der Waals surface area contributed by atoms with E-state index in [1.165, 1.54) is 11.1 Å². The molecule has 3 aliphatic heterocycles. The Hall–Kier alpha value is -3.95. The van der Waals surface area contributed by atoms with Crippen LogP contribution in [-0.4, -0.2) is 62.1 Å². The molecule has 7 unspecified atom stereocenters. The summed E-state index contributed by atoms with van der Waals surface area (Å²) >= 11 is 0. The third kappa shape index (κ3) is 4.48. The molecule has 0 saturated carbocycles. The highest BCUT2D eigenvalue weighted by molar-refractivity contribution is 6.19. The van der Waals surface area contributed by atoms with Crippen molar-refractivity contribution >= 4 is 47.6 Å². The van der Waals surface area contributed by atoms with Gasteiger partial charge >= 0.3 is 11.9 Å². The average molecular weight is 585 g/mol. The Labute approximate surface area is 249 Å². The van der Waals surface area contributed by atoms with E-state index in [4.69, 9.17) is 0 Å². The molecule has 6 rings (SSSR count). The first kappa shape index (κ1) is 29.1. The van der Waals surface area contributed by atoms with Gasteiger partial charge in [0.2, 0.25) is 0 Å². The molecule has 1 saturated heterocycles. The SMILES string of the molecule is C=Cc1c(C)/c2[nH]/c1=C\C1NC(/C=c3\[nH]c4c(c3C)C(=O)C(C(=O)O)C=4C3NC(\C=2)C(C)C3CCC(=O)O)C(CC)=C1C. The molecule has 0 radical (unpaired) electrons. The van der Waals surface area contributed by atoms with Gasteiger partial charge in [0.05, 0.1) is 5.35 Å². The Morgan fingerprint density at radius 2 is 1.67 bits per heavy atom. The minimum atomic E-state index is -1.33. The van der Waals surface area contributed by atoms with Gasteiger partial charge in [-0.1, -0.05) is 32.1 Å². The Morgan fingerprint density at radius 3 is 2.33 bits per heavy atom. The van der Waals surface area contributed by atoms with Crippen molar-refractivity contribution in [2.24, 2.45) is 17.8 Å². The molecular weight excluding hydrogens is 544 g/mol. The van der Waals surface area contributed by atoms with E-state index in [0.29, 0.717) is 22.9 Å². The highest BCUT2D eigenvalue weighted by Gasteiger charge is 2.49.